The van der Waals surface area contributed by atoms with Gasteiger partial charge in [-0.15, -0.1) is 0 Å². The Bertz CT molecular complexity index is 447. The number of rotatable bonds is 3. The summed E-state index contributed by atoms with van der Waals surface area (Å²) in [7, 11) is 0. The van der Waals surface area contributed by atoms with E-state index in [2.05, 4.69) is 0 Å². The van der Waals surface area contributed by atoms with E-state index in [4.69, 9.17) is 27.9 Å². The van der Waals surface area contributed by atoms with E-state index in [-0.39, 0.29) is 12.0 Å². The van der Waals surface area contributed by atoms with Gasteiger partial charge in [0.2, 0.25) is 0 Å². The SMILES string of the molecule is Nc1ccc(C(=O)N(N)CC2CCCO2)cc1Cl. The van der Waals surface area contributed by atoms with Crippen molar-refractivity contribution in [3.05, 3.63) is 28.8 Å². The van der Waals surface area contributed by atoms with Crippen LogP contribution in [0.5, 0.6) is 0 Å². The van der Waals surface area contributed by atoms with Gasteiger partial charge < -0.3 is 10.5 Å². The summed E-state index contributed by atoms with van der Waals surface area (Å²) in [5, 5.41) is 1.52. The number of halogens is 1. The van der Waals surface area contributed by atoms with Gasteiger partial charge >= 0.3 is 0 Å². The number of carbonyl (C=O) groups excluding carboxylic acids is 1. The number of benzene rings is 1. The largest absolute Gasteiger partial charge is 0.398 e. The Hall–Kier alpha value is -1.30. The summed E-state index contributed by atoms with van der Waals surface area (Å²) in [6, 6.07) is 4.73. The molecule has 0 aromatic heterocycles. The van der Waals surface area contributed by atoms with Crippen molar-refractivity contribution in [3.63, 3.8) is 0 Å². The molecule has 1 fully saturated rings. The van der Waals surface area contributed by atoms with Gasteiger partial charge in [-0.25, -0.2) is 5.84 Å². The van der Waals surface area contributed by atoms with E-state index in [0.29, 0.717) is 22.8 Å². The first-order valence-corrected chi connectivity index (χ1v) is 6.19. The highest BCUT2D eigenvalue weighted by Crippen LogP contribution is 2.20. The van der Waals surface area contributed by atoms with Crippen molar-refractivity contribution in [2.24, 2.45) is 5.84 Å². The molecule has 0 radical (unpaired) electrons. The number of nitrogen functional groups attached to an aromatic ring is 1. The molecule has 1 aromatic carbocycles. The maximum Gasteiger partial charge on any atom is 0.267 e. The fourth-order valence-electron chi connectivity index (χ4n) is 1.92. The number of hydrogen-bond donors (Lipinski definition) is 2. The van der Waals surface area contributed by atoms with Gasteiger partial charge in [-0.3, -0.25) is 9.80 Å². The van der Waals surface area contributed by atoms with E-state index < -0.39 is 0 Å². The molecule has 1 atom stereocenters. The van der Waals surface area contributed by atoms with Crippen LogP contribution in [0.15, 0.2) is 18.2 Å². The molecule has 2 rings (SSSR count). The molecule has 0 spiro atoms. The third-order valence-corrected chi connectivity index (χ3v) is 3.26. The molecular weight excluding hydrogens is 254 g/mol. The maximum absolute atomic E-state index is 12.0. The number of hydrogen-bond acceptors (Lipinski definition) is 4. The average molecular weight is 270 g/mol. The standard InChI is InChI=1S/C12H16ClN3O2/c13-10-6-8(3-4-11(10)14)12(17)16(15)7-9-2-1-5-18-9/h3-4,6,9H,1-2,5,7,14-15H2. The third kappa shape index (κ3) is 2.93. The van der Waals surface area contributed by atoms with Gasteiger partial charge in [0, 0.05) is 12.2 Å². The molecule has 5 nitrogen and oxygen atoms in total. The molecule has 18 heavy (non-hydrogen) atoms. The second-order valence-corrected chi connectivity index (χ2v) is 4.74. The van der Waals surface area contributed by atoms with E-state index >= 15 is 0 Å². The Balaban J connectivity index is 2.02. The minimum Gasteiger partial charge on any atom is -0.398 e. The van der Waals surface area contributed by atoms with Crippen LogP contribution in [0.4, 0.5) is 5.69 Å². The zero-order chi connectivity index (χ0) is 13.1. The van der Waals surface area contributed by atoms with Crippen LogP contribution in [0.1, 0.15) is 23.2 Å². The topological polar surface area (TPSA) is 81.6 Å². The van der Waals surface area contributed by atoms with E-state index in [9.17, 15) is 4.79 Å². The maximum atomic E-state index is 12.0. The summed E-state index contributed by atoms with van der Waals surface area (Å²) in [6.45, 7) is 1.13. The lowest BCUT2D eigenvalue weighted by Gasteiger charge is -2.20. The molecule has 1 aromatic rings. The Kier molecular flexibility index (Phi) is 4.06. The smallest absolute Gasteiger partial charge is 0.267 e. The molecule has 98 valence electrons. The molecule has 0 saturated carbocycles. The van der Waals surface area contributed by atoms with Gasteiger partial charge in [0.15, 0.2) is 0 Å². The van der Waals surface area contributed by atoms with Crippen LogP contribution < -0.4 is 11.6 Å². The van der Waals surface area contributed by atoms with Crippen molar-refractivity contribution in [2.45, 2.75) is 18.9 Å². The first-order valence-electron chi connectivity index (χ1n) is 5.81. The van der Waals surface area contributed by atoms with Crippen LogP contribution in [0.3, 0.4) is 0 Å². The predicted octanol–water partition coefficient (Wildman–Crippen LogP) is 1.42. The van der Waals surface area contributed by atoms with Crippen LogP contribution in [-0.4, -0.2) is 30.2 Å². The van der Waals surface area contributed by atoms with Crippen LogP contribution in [0.2, 0.25) is 5.02 Å². The highest BCUT2D eigenvalue weighted by molar-refractivity contribution is 6.33. The second kappa shape index (κ2) is 5.56. The van der Waals surface area contributed by atoms with Gasteiger partial charge in [0.05, 0.1) is 23.4 Å². The molecule has 1 unspecified atom stereocenters. The Labute approximate surface area is 111 Å². The first kappa shape index (κ1) is 13.1. The number of ether oxygens (including phenoxy) is 1. The van der Waals surface area contributed by atoms with Crippen molar-refractivity contribution < 1.29 is 9.53 Å². The van der Waals surface area contributed by atoms with Crippen LogP contribution in [-0.2, 0) is 4.74 Å². The quantitative estimate of drug-likeness (QED) is 0.376. The molecule has 1 aliphatic rings. The Morgan fingerprint density at radius 2 is 2.33 bits per heavy atom. The number of amides is 1. The number of nitrogens with zero attached hydrogens (tertiary/aromatic N) is 1. The minimum absolute atomic E-state index is 0.0307. The molecule has 1 saturated heterocycles. The molecule has 0 aliphatic carbocycles. The predicted molar refractivity (Wildman–Crippen MR) is 70.1 cm³/mol. The van der Waals surface area contributed by atoms with Gasteiger partial charge in [-0.2, -0.15) is 0 Å². The van der Waals surface area contributed by atoms with Gasteiger partial charge in [0.25, 0.3) is 5.91 Å². The lowest BCUT2D eigenvalue weighted by Crippen LogP contribution is -2.42. The minimum atomic E-state index is -0.285. The van der Waals surface area contributed by atoms with E-state index in [1.807, 2.05) is 0 Å². The zero-order valence-electron chi connectivity index (χ0n) is 9.93. The fraction of sp³-hybridized carbons (Fsp3) is 0.417. The Morgan fingerprint density at radius 1 is 1.56 bits per heavy atom. The lowest BCUT2D eigenvalue weighted by atomic mass is 10.1. The second-order valence-electron chi connectivity index (χ2n) is 4.33. The van der Waals surface area contributed by atoms with Gasteiger partial charge in [0.1, 0.15) is 0 Å². The third-order valence-electron chi connectivity index (χ3n) is 2.93. The zero-order valence-corrected chi connectivity index (χ0v) is 10.7. The molecule has 1 aliphatic heterocycles. The number of anilines is 1. The molecule has 1 amide bonds. The summed E-state index contributed by atoms with van der Waals surface area (Å²) in [5.41, 5.74) is 6.46. The summed E-state index contributed by atoms with van der Waals surface area (Å²) in [6.07, 6.45) is 1.98. The van der Waals surface area contributed by atoms with E-state index in [1.54, 1.807) is 12.1 Å². The highest BCUT2D eigenvalue weighted by atomic mass is 35.5. The van der Waals surface area contributed by atoms with Crippen molar-refractivity contribution in [3.8, 4) is 0 Å². The Morgan fingerprint density at radius 3 is 2.94 bits per heavy atom. The van der Waals surface area contributed by atoms with Crippen LogP contribution in [0.25, 0.3) is 0 Å². The normalized spacial score (nSPS) is 18.9. The van der Waals surface area contributed by atoms with Gasteiger partial charge in [-0.1, -0.05) is 11.6 Å². The lowest BCUT2D eigenvalue weighted by molar-refractivity contribution is 0.0525. The first-order chi connectivity index (χ1) is 8.58. The molecule has 1 heterocycles. The molecular formula is C12H16ClN3O2. The monoisotopic (exact) mass is 269 g/mol. The molecule has 4 N–H and O–H groups in total. The van der Waals surface area contributed by atoms with Crippen molar-refractivity contribution in [2.75, 3.05) is 18.9 Å². The molecule has 6 heteroatoms. The van der Waals surface area contributed by atoms with Crippen molar-refractivity contribution in [1.82, 2.24) is 5.01 Å². The van der Waals surface area contributed by atoms with Crippen molar-refractivity contribution >= 4 is 23.2 Å². The number of hydrazine groups is 1. The summed E-state index contributed by atoms with van der Waals surface area (Å²) >= 11 is 5.87. The number of nitrogens with two attached hydrogens (primary N) is 2. The summed E-state index contributed by atoms with van der Waals surface area (Å²) in [4.78, 5) is 12.0. The fourth-order valence-corrected chi connectivity index (χ4v) is 2.10. The molecule has 0 bridgehead atoms. The van der Waals surface area contributed by atoms with E-state index in [0.717, 1.165) is 24.5 Å². The summed E-state index contributed by atoms with van der Waals surface area (Å²) < 4.78 is 5.43. The number of carbonyl (C=O) groups is 1. The summed E-state index contributed by atoms with van der Waals surface area (Å²) in [5.74, 6) is 5.46. The van der Waals surface area contributed by atoms with Gasteiger partial charge in [-0.05, 0) is 31.0 Å². The highest BCUT2D eigenvalue weighted by Gasteiger charge is 2.21. The van der Waals surface area contributed by atoms with Crippen molar-refractivity contribution in [1.29, 1.82) is 0 Å². The van der Waals surface area contributed by atoms with E-state index in [1.165, 1.54) is 6.07 Å². The van der Waals surface area contributed by atoms with Crippen LogP contribution >= 0.6 is 11.6 Å². The van der Waals surface area contributed by atoms with Crippen LogP contribution in [0, 0.1) is 0 Å². The average Bonchev–Trinajstić information content (AvgIpc) is 2.84.